The maximum absolute atomic E-state index is 14.1. The molecule has 196 valence electrons. The Labute approximate surface area is 221 Å². The molecule has 37 heavy (non-hydrogen) atoms. The van der Waals surface area contributed by atoms with E-state index in [-0.39, 0.29) is 22.2 Å². The van der Waals surface area contributed by atoms with E-state index in [2.05, 4.69) is 23.5 Å². The number of nitrogen functional groups attached to an aromatic ring is 1. The molecule has 0 saturated carbocycles. The van der Waals surface area contributed by atoms with Crippen molar-refractivity contribution in [2.75, 3.05) is 36.2 Å². The number of hydrogen-bond acceptors (Lipinski definition) is 7. The normalized spacial score (nSPS) is 11.7. The Balaban J connectivity index is 2.18. The van der Waals surface area contributed by atoms with E-state index < -0.39 is 17.9 Å². The van der Waals surface area contributed by atoms with Crippen LogP contribution in [0.1, 0.15) is 57.6 Å². The Hall–Kier alpha value is -3.92. The Morgan fingerprint density at radius 1 is 1.05 bits per heavy atom. The van der Waals surface area contributed by atoms with Crippen LogP contribution in [0.25, 0.3) is 0 Å². The molecule has 5 N–H and O–H groups in total. The molecular weight excluding hydrogens is 488 g/mol. The lowest BCUT2D eigenvalue weighted by atomic mass is 10.0. The van der Waals surface area contributed by atoms with Crippen molar-refractivity contribution in [3.05, 3.63) is 70.2 Å². The van der Waals surface area contributed by atoms with Gasteiger partial charge in [-0.2, -0.15) is 4.37 Å². The molecule has 3 aromatic rings. The molecule has 0 aliphatic heterocycles. The number of amides is 3. The number of anilines is 3. The number of benzene rings is 2. The van der Waals surface area contributed by atoms with Crippen molar-refractivity contribution < 1.29 is 14.4 Å². The summed E-state index contributed by atoms with van der Waals surface area (Å²) in [5.41, 5.74) is 14.2. The molecule has 2 aromatic carbocycles. The summed E-state index contributed by atoms with van der Waals surface area (Å²) in [5, 5.41) is 3.00. The number of nitrogens with two attached hydrogens (primary N) is 2. The van der Waals surface area contributed by atoms with Crippen LogP contribution in [-0.2, 0) is 4.79 Å². The molecule has 0 radical (unpaired) electrons. The molecule has 1 aromatic heterocycles. The molecule has 0 aliphatic rings. The topological polar surface area (TPSA) is 135 Å². The van der Waals surface area contributed by atoms with Crippen molar-refractivity contribution in [2.24, 2.45) is 11.7 Å². The van der Waals surface area contributed by atoms with Gasteiger partial charge in [0.15, 0.2) is 5.69 Å². The van der Waals surface area contributed by atoms with Crippen LogP contribution in [0.4, 0.5) is 17.1 Å². The number of carbonyl (C=O) groups is 3. The van der Waals surface area contributed by atoms with Gasteiger partial charge in [0.1, 0.15) is 10.9 Å². The molecule has 9 nitrogen and oxygen atoms in total. The van der Waals surface area contributed by atoms with Crippen LogP contribution in [-0.4, -0.2) is 42.7 Å². The van der Waals surface area contributed by atoms with E-state index in [1.54, 1.807) is 12.1 Å². The highest BCUT2D eigenvalue weighted by atomic mass is 32.1. The summed E-state index contributed by atoms with van der Waals surface area (Å²) in [5.74, 6) is -1.29. The summed E-state index contributed by atoms with van der Waals surface area (Å²) in [7, 11) is 3.86. The fourth-order valence-corrected chi connectivity index (χ4v) is 4.63. The highest BCUT2D eigenvalue weighted by Crippen LogP contribution is 2.35. The second-order valence-electron chi connectivity index (χ2n) is 9.46. The lowest BCUT2D eigenvalue weighted by Crippen LogP contribution is -2.44. The monoisotopic (exact) mass is 522 g/mol. The minimum Gasteiger partial charge on any atom is -0.395 e. The van der Waals surface area contributed by atoms with Gasteiger partial charge in [-0.1, -0.05) is 44.2 Å². The fourth-order valence-electron chi connectivity index (χ4n) is 3.89. The molecule has 1 atom stereocenters. The van der Waals surface area contributed by atoms with Gasteiger partial charge in [0, 0.05) is 32.0 Å². The van der Waals surface area contributed by atoms with Gasteiger partial charge in [-0.25, -0.2) is 0 Å². The molecule has 3 rings (SSSR count). The van der Waals surface area contributed by atoms with Crippen molar-refractivity contribution >= 4 is 46.3 Å². The first-order valence-corrected chi connectivity index (χ1v) is 12.8. The van der Waals surface area contributed by atoms with Crippen LogP contribution in [0.5, 0.6) is 0 Å². The summed E-state index contributed by atoms with van der Waals surface area (Å²) in [6, 6.07) is 13.8. The number of nitrogens with one attached hydrogen (secondary N) is 1. The van der Waals surface area contributed by atoms with Crippen molar-refractivity contribution in [1.82, 2.24) is 9.69 Å². The van der Waals surface area contributed by atoms with Gasteiger partial charge in [-0.15, -0.1) is 0 Å². The van der Waals surface area contributed by atoms with E-state index in [1.165, 1.54) is 4.90 Å². The second-order valence-corrected chi connectivity index (χ2v) is 10.2. The molecule has 10 heteroatoms. The number of primary amides is 1. The standard InChI is InChI=1S/C27H34N6O3S/c1-16(2)14-15-30-26(35)23(18-10-12-19(13-11-18)32(4)5)33(20-9-7-6-8-17(20)3)27(36)24-21(28)22(25(29)34)31-37-24/h6-13,16,23H,14-15,28H2,1-5H3,(H2,29,34)(H,30,35). The lowest BCUT2D eigenvalue weighted by molar-refractivity contribution is -0.122. The van der Waals surface area contributed by atoms with E-state index >= 15 is 0 Å². The van der Waals surface area contributed by atoms with Gasteiger partial charge in [0.25, 0.3) is 11.8 Å². The predicted molar refractivity (Wildman–Crippen MR) is 149 cm³/mol. The minimum absolute atomic E-state index is 0.0435. The highest BCUT2D eigenvalue weighted by molar-refractivity contribution is 7.09. The van der Waals surface area contributed by atoms with E-state index in [1.807, 2.05) is 62.3 Å². The van der Waals surface area contributed by atoms with Gasteiger partial charge < -0.3 is 21.7 Å². The molecule has 0 saturated heterocycles. The minimum atomic E-state index is -1.00. The summed E-state index contributed by atoms with van der Waals surface area (Å²) in [6.07, 6.45) is 0.792. The molecule has 0 bridgehead atoms. The average molecular weight is 523 g/mol. The molecule has 0 aliphatic carbocycles. The summed E-state index contributed by atoms with van der Waals surface area (Å²) in [6.45, 7) is 6.49. The van der Waals surface area contributed by atoms with Gasteiger partial charge in [0.2, 0.25) is 5.91 Å². The fraction of sp³-hybridized carbons (Fsp3) is 0.333. The molecule has 1 heterocycles. The Morgan fingerprint density at radius 3 is 2.24 bits per heavy atom. The average Bonchev–Trinajstić information content (AvgIpc) is 3.24. The number of rotatable bonds is 10. The van der Waals surface area contributed by atoms with Crippen LogP contribution in [0.2, 0.25) is 0 Å². The molecular formula is C27H34N6O3S. The maximum Gasteiger partial charge on any atom is 0.273 e. The van der Waals surface area contributed by atoms with Gasteiger partial charge in [-0.05, 0) is 60.1 Å². The van der Waals surface area contributed by atoms with E-state index in [0.29, 0.717) is 23.7 Å². The first-order valence-electron chi connectivity index (χ1n) is 12.0. The van der Waals surface area contributed by atoms with Crippen LogP contribution in [0.3, 0.4) is 0 Å². The number of carbonyl (C=O) groups excluding carboxylic acids is 3. The number of hydrogen-bond donors (Lipinski definition) is 3. The van der Waals surface area contributed by atoms with Crippen molar-refractivity contribution in [3.63, 3.8) is 0 Å². The van der Waals surface area contributed by atoms with Crippen molar-refractivity contribution in [1.29, 1.82) is 0 Å². The first-order chi connectivity index (χ1) is 17.5. The van der Waals surface area contributed by atoms with Crippen LogP contribution in [0, 0.1) is 12.8 Å². The molecule has 3 amide bonds. The zero-order valence-corrected chi connectivity index (χ0v) is 22.6. The summed E-state index contributed by atoms with van der Waals surface area (Å²) in [4.78, 5) is 43.1. The predicted octanol–water partition coefficient (Wildman–Crippen LogP) is 3.75. The lowest BCUT2D eigenvalue weighted by Gasteiger charge is -2.32. The third-order valence-corrected chi connectivity index (χ3v) is 6.85. The first kappa shape index (κ1) is 27.7. The van der Waals surface area contributed by atoms with Crippen molar-refractivity contribution in [3.8, 4) is 0 Å². The summed E-state index contributed by atoms with van der Waals surface area (Å²) >= 11 is 0.788. The quantitative estimate of drug-likeness (QED) is 0.371. The van der Waals surface area contributed by atoms with Crippen molar-refractivity contribution in [2.45, 2.75) is 33.2 Å². The van der Waals surface area contributed by atoms with Crippen LogP contribution >= 0.6 is 11.5 Å². The summed E-state index contributed by atoms with van der Waals surface area (Å²) < 4.78 is 4.00. The highest BCUT2D eigenvalue weighted by Gasteiger charge is 2.36. The Kier molecular flexibility index (Phi) is 8.88. The molecule has 0 fully saturated rings. The number of para-hydroxylation sites is 1. The maximum atomic E-state index is 14.1. The van der Waals surface area contributed by atoms with E-state index in [4.69, 9.17) is 11.5 Å². The Morgan fingerprint density at radius 2 is 1.70 bits per heavy atom. The largest absolute Gasteiger partial charge is 0.395 e. The smallest absolute Gasteiger partial charge is 0.273 e. The number of aryl methyl sites for hydroxylation is 1. The third kappa shape index (κ3) is 6.26. The molecule has 0 spiro atoms. The zero-order valence-electron chi connectivity index (χ0n) is 21.8. The third-order valence-electron chi connectivity index (χ3n) is 6.00. The SMILES string of the molecule is Cc1ccccc1N(C(=O)c1snc(C(N)=O)c1N)C(C(=O)NCCC(C)C)c1ccc(N(C)C)cc1. The van der Waals surface area contributed by atoms with Gasteiger partial charge in [0.05, 0.1) is 5.69 Å². The van der Waals surface area contributed by atoms with Gasteiger partial charge >= 0.3 is 0 Å². The second kappa shape index (κ2) is 11.9. The number of aromatic nitrogens is 1. The van der Waals surface area contributed by atoms with Gasteiger partial charge in [-0.3, -0.25) is 19.3 Å². The zero-order chi connectivity index (χ0) is 27.3. The van der Waals surface area contributed by atoms with E-state index in [9.17, 15) is 14.4 Å². The number of nitrogens with zero attached hydrogens (tertiary/aromatic N) is 3. The van der Waals surface area contributed by atoms with Crippen LogP contribution < -0.4 is 26.6 Å². The Bertz CT molecular complexity index is 1270. The molecule has 1 unspecified atom stereocenters. The van der Waals surface area contributed by atoms with E-state index in [0.717, 1.165) is 29.2 Å². The van der Waals surface area contributed by atoms with Crippen LogP contribution in [0.15, 0.2) is 48.5 Å².